The topological polar surface area (TPSA) is 59.8 Å². The van der Waals surface area contributed by atoms with Gasteiger partial charge in [-0.2, -0.15) is 0 Å². The molecule has 5 nitrogen and oxygen atoms in total. The summed E-state index contributed by atoms with van der Waals surface area (Å²) in [6, 6.07) is 9.98. The first-order chi connectivity index (χ1) is 11.5. The van der Waals surface area contributed by atoms with Crippen molar-refractivity contribution in [1.29, 1.82) is 0 Å². The lowest BCUT2D eigenvalue weighted by molar-refractivity contribution is 0.570. The number of rotatable bonds is 5. The number of nitrogens with one attached hydrogen (secondary N) is 1. The Labute approximate surface area is 145 Å². The van der Waals surface area contributed by atoms with Gasteiger partial charge in [0, 0.05) is 29.2 Å². The largest absolute Gasteiger partial charge is 0.387 e. The van der Waals surface area contributed by atoms with Gasteiger partial charge >= 0.3 is 0 Å². The molecule has 2 aromatic heterocycles. The first-order valence-corrected chi connectivity index (χ1v) is 8.71. The van der Waals surface area contributed by atoms with Gasteiger partial charge in [-0.25, -0.2) is 9.97 Å². The Morgan fingerprint density at radius 1 is 1.21 bits per heavy atom. The lowest BCUT2D eigenvalue weighted by atomic mass is 10.2. The molecule has 0 fully saturated rings. The highest BCUT2D eigenvalue weighted by Gasteiger charge is 2.17. The highest BCUT2D eigenvalue weighted by atomic mass is 32.2. The summed E-state index contributed by atoms with van der Waals surface area (Å²) in [5.41, 5.74) is 5.41. The average Bonchev–Trinajstić information content (AvgIpc) is 2.94. The zero-order valence-corrected chi connectivity index (χ0v) is 15.0. The summed E-state index contributed by atoms with van der Waals surface area (Å²) >= 11 is 1.16. The smallest absolute Gasteiger partial charge is 0.181 e. The first-order valence-electron chi connectivity index (χ1n) is 7.83. The monoisotopic (exact) mass is 340 g/mol. The van der Waals surface area contributed by atoms with Gasteiger partial charge in [0.25, 0.3) is 0 Å². The third kappa shape index (κ3) is 2.89. The third-order valence-corrected chi connectivity index (χ3v) is 4.54. The van der Waals surface area contributed by atoms with Gasteiger partial charge in [0.15, 0.2) is 11.3 Å². The summed E-state index contributed by atoms with van der Waals surface area (Å²) in [5, 5.41) is 3.12. The van der Waals surface area contributed by atoms with Gasteiger partial charge in [-0.05, 0) is 37.3 Å². The Morgan fingerprint density at radius 3 is 2.67 bits per heavy atom. The van der Waals surface area contributed by atoms with E-state index in [2.05, 4.69) is 28.7 Å². The van der Waals surface area contributed by atoms with Crippen molar-refractivity contribution in [2.75, 3.05) is 12.4 Å². The van der Waals surface area contributed by atoms with Crippen LogP contribution in [0, 0.1) is 6.92 Å². The summed E-state index contributed by atoms with van der Waals surface area (Å²) in [6.07, 6.45) is 0. The number of anilines is 1. The number of imidazole rings is 1. The van der Waals surface area contributed by atoms with Crippen LogP contribution in [0.25, 0.3) is 16.9 Å². The fourth-order valence-electron chi connectivity index (χ4n) is 2.72. The van der Waals surface area contributed by atoms with E-state index in [1.807, 2.05) is 44.3 Å². The Balaban J connectivity index is 2.28. The van der Waals surface area contributed by atoms with Gasteiger partial charge in [0.05, 0.1) is 5.69 Å². The molecule has 0 saturated heterocycles. The lowest BCUT2D eigenvalue weighted by Gasteiger charge is -2.14. The van der Waals surface area contributed by atoms with Crippen LogP contribution in [-0.4, -0.2) is 27.2 Å². The fraction of sp³-hybridized carbons (Fsp3) is 0.278. The van der Waals surface area contributed by atoms with E-state index in [0.717, 1.165) is 56.3 Å². The number of nitrogens with zero attached hydrogens (tertiary/aromatic N) is 3. The molecule has 1 N–H and O–H groups in total. The van der Waals surface area contributed by atoms with Crippen molar-refractivity contribution in [1.82, 2.24) is 14.5 Å². The lowest BCUT2D eigenvalue weighted by Crippen LogP contribution is -2.05. The molecular formula is C18H20N4OS. The molecule has 0 saturated carbocycles. The predicted octanol–water partition coefficient (Wildman–Crippen LogP) is 4.18. The quantitative estimate of drug-likeness (QED) is 0.558. The van der Waals surface area contributed by atoms with Crippen molar-refractivity contribution in [3.8, 4) is 5.69 Å². The van der Waals surface area contributed by atoms with Crippen molar-refractivity contribution < 1.29 is 4.79 Å². The first kappa shape index (κ1) is 16.5. The van der Waals surface area contributed by atoms with E-state index < -0.39 is 0 Å². The molecule has 0 atom stereocenters. The molecule has 1 aromatic carbocycles. The van der Waals surface area contributed by atoms with Crippen LogP contribution >= 0.6 is 11.8 Å². The Hall–Kier alpha value is -2.34. The van der Waals surface area contributed by atoms with Crippen molar-refractivity contribution >= 4 is 34.2 Å². The molecule has 0 radical (unpaired) electrons. The van der Waals surface area contributed by atoms with Crippen molar-refractivity contribution in [2.24, 2.45) is 0 Å². The highest BCUT2D eigenvalue weighted by molar-refractivity contribution is 8.12. The van der Waals surface area contributed by atoms with Crippen molar-refractivity contribution in [3.63, 3.8) is 0 Å². The van der Waals surface area contributed by atoms with Crippen LogP contribution in [0.15, 0.2) is 35.2 Å². The van der Waals surface area contributed by atoms with Crippen LogP contribution in [0.4, 0.5) is 5.69 Å². The molecule has 0 spiro atoms. The van der Waals surface area contributed by atoms with E-state index in [1.165, 1.54) is 0 Å². The number of hydrogen-bond donors (Lipinski definition) is 1. The Kier molecular flexibility index (Phi) is 4.57. The molecule has 2 heterocycles. The molecule has 6 heteroatoms. The van der Waals surface area contributed by atoms with Gasteiger partial charge in [-0.15, -0.1) is 0 Å². The number of thioether (sulfide) groups is 1. The van der Waals surface area contributed by atoms with Crippen molar-refractivity contribution in [3.05, 3.63) is 41.9 Å². The maximum atomic E-state index is 11.0. The van der Waals surface area contributed by atoms with Gasteiger partial charge in [0.1, 0.15) is 11.3 Å². The molecule has 124 valence electrons. The van der Waals surface area contributed by atoms with E-state index in [9.17, 15) is 4.79 Å². The number of aryl methyl sites for hydroxylation is 1. The van der Waals surface area contributed by atoms with E-state index in [1.54, 1.807) is 0 Å². The van der Waals surface area contributed by atoms with Crippen LogP contribution < -0.4 is 5.32 Å². The minimum atomic E-state index is 0.255. The van der Waals surface area contributed by atoms with Gasteiger partial charge in [-0.1, -0.05) is 25.6 Å². The van der Waals surface area contributed by atoms with E-state index >= 15 is 0 Å². The molecule has 24 heavy (non-hydrogen) atoms. The van der Waals surface area contributed by atoms with E-state index in [-0.39, 0.29) is 5.92 Å². The van der Waals surface area contributed by atoms with Crippen LogP contribution in [0.2, 0.25) is 0 Å². The Morgan fingerprint density at radius 2 is 2.00 bits per heavy atom. The summed E-state index contributed by atoms with van der Waals surface area (Å²) in [4.78, 5) is 21.3. The summed E-state index contributed by atoms with van der Waals surface area (Å²) in [5.74, 6) is 1.22. The number of hydrogen-bond acceptors (Lipinski definition) is 5. The maximum absolute atomic E-state index is 11.0. The molecule has 0 amide bonds. The minimum Gasteiger partial charge on any atom is -0.387 e. The van der Waals surface area contributed by atoms with Gasteiger partial charge in [-0.3, -0.25) is 9.36 Å². The summed E-state index contributed by atoms with van der Waals surface area (Å²) < 4.78 is 2.08. The Bertz CT molecular complexity index is 901. The molecule has 3 rings (SSSR count). The fourth-order valence-corrected chi connectivity index (χ4v) is 3.31. The van der Waals surface area contributed by atoms with Gasteiger partial charge < -0.3 is 5.32 Å². The zero-order valence-electron chi connectivity index (χ0n) is 14.2. The maximum Gasteiger partial charge on any atom is 0.181 e. The van der Waals surface area contributed by atoms with Crippen LogP contribution in [0.5, 0.6) is 0 Å². The van der Waals surface area contributed by atoms with Crippen molar-refractivity contribution in [2.45, 2.75) is 31.6 Å². The van der Waals surface area contributed by atoms with Crippen LogP contribution in [0.3, 0.4) is 0 Å². The number of aromatic nitrogens is 3. The summed E-state index contributed by atoms with van der Waals surface area (Å²) in [6.45, 7) is 6.21. The van der Waals surface area contributed by atoms with E-state index in [0.29, 0.717) is 0 Å². The number of carbonyl (C=O) groups excluding carboxylic acids is 1. The second-order valence-corrected chi connectivity index (χ2v) is 6.77. The standard InChI is InChI=1S/C18H20N4OS/c1-11(2)17-21-15-7-5-12(3)20-18(15)22(17)13-6-8-14(19-4)16(9-13)24-10-23/h5-11,19H,1-4H3. The molecule has 0 aliphatic heterocycles. The number of fused-ring (bicyclic) bond motifs is 1. The zero-order chi connectivity index (χ0) is 17.3. The second kappa shape index (κ2) is 6.65. The predicted molar refractivity (Wildman–Crippen MR) is 99.8 cm³/mol. The molecule has 0 aliphatic carbocycles. The summed E-state index contributed by atoms with van der Waals surface area (Å²) in [7, 11) is 1.85. The molecule has 0 aliphatic rings. The molecular weight excluding hydrogens is 320 g/mol. The number of pyridine rings is 1. The number of carbonyl (C=O) groups is 1. The SMILES string of the molecule is CNc1ccc(-n2c(C(C)C)nc3ccc(C)nc32)cc1SC=O. The number of benzene rings is 1. The van der Waals surface area contributed by atoms with E-state index in [4.69, 9.17) is 4.98 Å². The normalized spacial score (nSPS) is 11.2. The van der Waals surface area contributed by atoms with Crippen LogP contribution in [-0.2, 0) is 4.79 Å². The highest BCUT2D eigenvalue weighted by Crippen LogP contribution is 2.31. The minimum absolute atomic E-state index is 0.255. The van der Waals surface area contributed by atoms with Gasteiger partial charge in [0.2, 0.25) is 0 Å². The molecule has 0 bridgehead atoms. The molecule has 0 unspecified atom stereocenters. The molecule has 3 aromatic rings. The van der Waals surface area contributed by atoms with Crippen LogP contribution in [0.1, 0.15) is 31.3 Å². The average molecular weight is 340 g/mol. The third-order valence-electron chi connectivity index (χ3n) is 3.85. The second-order valence-electron chi connectivity index (χ2n) is 5.90.